The van der Waals surface area contributed by atoms with Crippen molar-refractivity contribution in [3.05, 3.63) is 121 Å². The first-order valence-corrected chi connectivity index (χ1v) is 14.2. The Balaban J connectivity index is 1.26. The summed E-state index contributed by atoms with van der Waals surface area (Å²) in [6, 6.07) is 25.2. The van der Waals surface area contributed by atoms with E-state index in [-0.39, 0.29) is 6.61 Å². The summed E-state index contributed by atoms with van der Waals surface area (Å²) in [5.41, 5.74) is 3.12. The predicted octanol–water partition coefficient (Wildman–Crippen LogP) is 3.72. The van der Waals surface area contributed by atoms with Crippen LogP contribution in [0.15, 0.2) is 104 Å². The zero-order valence-corrected chi connectivity index (χ0v) is 24.1. The molecule has 3 aromatic carbocycles. The predicted molar refractivity (Wildman–Crippen MR) is 160 cm³/mol. The number of fused-ring (bicyclic) bond motifs is 3. The van der Waals surface area contributed by atoms with Crippen LogP contribution in [0.5, 0.6) is 11.5 Å². The molecule has 1 saturated heterocycles. The van der Waals surface area contributed by atoms with Crippen LogP contribution in [0, 0.1) is 0 Å². The number of imidazole rings is 2. The summed E-state index contributed by atoms with van der Waals surface area (Å²) in [5, 5.41) is 22.4. The number of hydrogen-bond acceptors (Lipinski definition) is 9. The van der Waals surface area contributed by atoms with Crippen LogP contribution in [-0.2, 0) is 15.1 Å². The minimum absolute atomic E-state index is 0.0494. The number of nitrogens with zero attached hydrogens (tertiary/aromatic N) is 5. The van der Waals surface area contributed by atoms with Gasteiger partial charge < -0.3 is 29.2 Å². The topological polar surface area (TPSA) is 125 Å². The lowest BCUT2D eigenvalue weighted by molar-refractivity contribution is -0.0942. The minimum Gasteiger partial charge on any atom is -0.497 e. The molecule has 11 nitrogen and oxygen atoms in total. The molecule has 0 spiro atoms. The first-order chi connectivity index (χ1) is 21.5. The molecule has 6 aromatic rings. The summed E-state index contributed by atoms with van der Waals surface area (Å²) in [6.07, 6.45) is 2.29. The third-order valence-electron chi connectivity index (χ3n) is 8.20. The Morgan fingerprint density at radius 2 is 1.39 bits per heavy atom. The SMILES string of the molecule is COc1ccc(C(OC[C@H]2O[C@@H](n3cnc4c3ncn3ccnc43)[C@H](O)[C@@H]2O)(c2ccccc2)c2ccc(OC)cc2)cc1. The van der Waals surface area contributed by atoms with Crippen molar-refractivity contribution in [3.8, 4) is 11.5 Å². The molecule has 1 fully saturated rings. The van der Waals surface area contributed by atoms with E-state index in [9.17, 15) is 10.2 Å². The van der Waals surface area contributed by atoms with Crippen molar-refractivity contribution in [1.29, 1.82) is 0 Å². The van der Waals surface area contributed by atoms with Crippen molar-refractivity contribution in [2.45, 2.75) is 30.1 Å². The number of ether oxygens (including phenoxy) is 4. The highest BCUT2D eigenvalue weighted by atomic mass is 16.6. The number of aliphatic hydroxyl groups is 2. The van der Waals surface area contributed by atoms with E-state index in [4.69, 9.17) is 18.9 Å². The number of aromatic nitrogens is 5. The minimum atomic E-state index is -1.26. The summed E-state index contributed by atoms with van der Waals surface area (Å²) in [5.74, 6) is 1.42. The van der Waals surface area contributed by atoms with Crippen LogP contribution in [0.4, 0.5) is 0 Å². The van der Waals surface area contributed by atoms with Crippen molar-refractivity contribution >= 4 is 16.8 Å². The summed E-state index contributed by atoms with van der Waals surface area (Å²) >= 11 is 0. The lowest BCUT2D eigenvalue weighted by Gasteiger charge is -2.37. The maximum Gasteiger partial charge on any atom is 0.167 e. The number of aliphatic hydroxyl groups excluding tert-OH is 2. The van der Waals surface area contributed by atoms with Gasteiger partial charge in [0, 0.05) is 12.4 Å². The van der Waals surface area contributed by atoms with E-state index in [0.717, 1.165) is 16.7 Å². The zero-order chi connectivity index (χ0) is 30.3. The number of hydrogen-bond donors (Lipinski definition) is 2. The highest BCUT2D eigenvalue weighted by molar-refractivity contribution is 5.85. The molecule has 7 rings (SSSR count). The average Bonchev–Trinajstić information content (AvgIpc) is 3.80. The molecule has 224 valence electrons. The van der Waals surface area contributed by atoms with Gasteiger partial charge >= 0.3 is 0 Å². The molecule has 2 N–H and O–H groups in total. The quantitative estimate of drug-likeness (QED) is 0.241. The van der Waals surface area contributed by atoms with Crippen molar-refractivity contribution in [3.63, 3.8) is 0 Å². The number of benzene rings is 3. The largest absolute Gasteiger partial charge is 0.497 e. The van der Waals surface area contributed by atoms with E-state index in [2.05, 4.69) is 15.0 Å². The van der Waals surface area contributed by atoms with Crippen LogP contribution >= 0.6 is 0 Å². The third-order valence-corrected chi connectivity index (χ3v) is 8.20. The fourth-order valence-electron chi connectivity index (χ4n) is 5.91. The molecule has 0 bridgehead atoms. The number of rotatable bonds is 9. The van der Waals surface area contributed by atoms with E-state index in [0.29, 0.717) is 28.3 Å². The molecule has 3 aromatic heterocycles. The van der Waals surface area contributed by atoms with E-state index in [1.807, 2.05) is 78.9 Å². The van der Waals surface area contributed by atoms with Crippen LogP contribution in [0.25, 0.3) is 16.8 Å². The third kappa shape index (κ3) is 4.57. The van der Waals surface area contributed by atoms with Crippen molar-refractivity contribution in [1.82, 2.24) is 23.9 Å². The monoisotopic (exact) mass is 593 g/mol. The Kier molecular flexibility index (Phi) is 7.23. The van der Waals surface area contributed by atoms with Crippen molar-refractivity contribution in [2.75, 3.05) is 20.8 Å². The Labute approximate surface area is 252 Å². The summed E-state index contributed by atoms with van der Waals surface area (Å²) in [7, 11) is 3.24. The van der Waals surface area contributed by atoms with Crippen molar-refractivity contribution in [2.24, 2.45) is 0 Å². The van der Waals surface area contributed by atoms with Crippen LogP contribution in [0.2, 0.25) is 0 Å². The maximum atomic E-state index is 11.2. The molecule has 1 aliphatic rings. The molecular formula is C33H31N5O6. The van der Waals surface area contributed by atoms with Gasteiger partial charge in [-0.05, 0) is 41.0 Å². The second-order valence-electron chi connectivity index (χ2n) is 10.6. The van der Waals surface area contributed by atoms with E-state index in [1.165, 1.54) is 0 Å². The standard InChI is InChI=1S/C33H31N5O6/c1-41-24-12-8-22(9-13-24)33(21-6-4-3-5-7-21,23-10-14-25(42-2)15-11-23)43-18-26-28(39)29(40)32(44-26)38-20-35-27-30-34-16-17-37(30)19-36-31(27)38/h3-17,19-20,26,28-29,32,39-40H,18H2,1-2H3/t26-,28-,29-,32-/m1/s1. The molecule has 0 radical (unpaired) electrons. The van der Waals surface area contributed by atoms with Gasteiger partial charge in [0.1, 0.15) is 41.7 Å². The second-order valence-corrected chi connectivity index (χ2v) is 10.6. The molecule has 1 aliphatic heterocycles. The Morgan fingerprint density at radius 1 is 0.750 bits per heavy atom. The van der Waals surface area contributed by atoms with Gasteiger partial charge in [-0.1, -0.05) is 54.6 Å². The Morgan fingerprint density at radius 3 is 2.02 bits per heavy atom. The molecule has 0 saturated carbocycles. The lowest BCUT2D eigenvalue weighted by atomic mass is 9.80. The molecule has 0 amide bonds. The van der Waals surface area contributed by atoms with Crippen LogP contribution in [0.3, 0.4) is 0 Å². The van der Waals surface area contributed by atoms with Gasteiger partial charge in [-0.25, -0.2) is 15.0 Å². The fourth-order valence-corrected chi connectivity index (χ4v) is 5.91. The van der Waals surface area contributed by atoms with Crippen molar-refractivity contribution < 1.29 is 29.2 Å². The maximum absolute atomic E-state index is 11.2. The van der Waals surface area contributed by atoms with Gasteiger partial charge in [-0.2, -0.15) is 0 Å². The molecule has 0 unspecified atom stereocenters. The van der Waals surface area contributed by atoms with Gasteiger partial charge in [-0.3, -0.25) is 8.97 Å². The molecular weight excluding hydrogens is 562 g/mol. The highest BCUT2D eigenvalue weighted by Crippen LogP contribution is 2.43. The second kappa shape index (κ2) is 11.4. The summed E-state index contributed by atoms with van der Waals surface area (Å²) in [4.78, 5) is 13.3. The first kappa shape index (κ1) is 28.0. The fraction of sp³-hybridized carbons (Fsp3) is 0.242. The van der Waals surface area contributed by atoms with Gasteiger partial charge in [0.15, 0.2) is 23.0 Å². The lowest BCUT2D eigenvalue weighted by Crippen LogP contribution is -2.39. The van der Waals surface area contributed by atoms with E-state index in [1.54, 1.807) is 48.2 Å². The molecule has 0 aliphatic carbocycles. The molecule has 4 heterocycles. The zero-order valence-electron chi connectivity index (χ0n) is 24.1. The first-order valence-electron chi connectivity index (χ1n) is 14.2. The van der Waals surface area contributed by atoms with E-state index >= 15 is 0 Å². The van der Waals surface area contributed by atoms with Gasteiger partial charge in [-0.15, -0.1) is 0 Å². The van der Waals surface area contributed by atoms with Gasteiger partial charge in [0.05, 0.1) is 27.2 Å². The average molecular weight is 594 g/mol. The van der Waals surface area contributed by atoms with E-state index < -0.39 is 30.1 Å². The smallest absolute Gasteiger partial charge is 0.167 e. The summed E-state index contributed by atoms with van der Waals surface area (Å²) in [6.45, 7) is -0.0494. The molecule has 44 heavy (non-hydrogen) atoms. The van der Waals surface area contributed by atoms with Crippen LogP contribution in [-0.4, -0.2) is 73.3 Å². The van der Waals surface area contributed by atoms with Gasteiger partial charge in [0.2, 0.25) is 0 Å². The van der Waals surface area contributed by atoms with Crippen LogP contribution < -0.4 is 9.47 Å². The molecule has 11 heteroatoms. The highest BCUT2D eigenvalue weighted by Gasteiger charge is 2.47. The number of methoxy groups -OCH3 is 2. The van der Waals surface area contributed by atoms with Crippen LogP contribution in [0.1, 0.15) is 22.9 Å². The normalized spacial score (nSPS) is 20.4. The molecule has 4 atom stereocenters. The Bertz CT molecular complexity index is 1830. The Hall–Kier alpha value is -4.81. The van der Waals surface area contributed by atoms with Gasteiger partial charge in [0.25, 0.3) is 0 Å². The summed E-state index contributed by atoms with van der Waals surface area (Å²) < 4.78 is 27.5.